The molecule has 1 fully saturated rings. The van der Waals surface area contributed by atoms with Gasteiger partial charge in [0.2, 0.25) is 0 Å². The SMILES string of the molecule is Cc1ccc(CNC(=O)N[C@H](C)CN2CCOCC2)s1. The molecular formula is C14H23N3O2S. The smallest absolute Gasteiger partial charge is 0.315 e. The van der Waals surface area contributed by atoms with Gasteiger partial charge in [-0.05, 0) is 26.0 Å². The van der Waals surface area contributed by atoms with Crippen LogP contribution in [0.4, 0.5) is 4.79 Å². The van der Waals surface area contributed by atoms with Gasteiger partial charge in [-0.1, -0.05) is 0 Å². The topological polar surface area (TPSA) is 53.6 Å². The first kappa shape index (κ1) is 15.3. The molecule has 2 rings (SSSR count). The Labute approximate surface area is 124 Å². The fraction of sp³-hybridized carbons (Fsp3) is 0.643. The molecule has 2 amide bonds. The van der Waals surface area contributed by atoms with Gasteiger partial charge in [0, 0.05) is 35.4 Å². The number of nitrogens with zero attached hydrogens (tertiary/aromatic N) is 1. The maximum atomic E-state index is 11.8. The van der Waals surface area contributed by atoms with Crippen molar-refractivity contribution in [3.05, 3.63) is 21.9 Å². The van der Waals surface area contributed by atoms with Gasteiger partial charge >= 0.3 is 6.03 Å². The fourth-order valence-electron chi connectivity index (χ4n) is 2.24. The van der Waals surface area contributed by atoms with Gasteiger partial charge in [-0.25, -0.2) is 4.79 Å². The third-order valence-corrected chi connectivity index (χ3v) is 4.23. The van der Waals surface area contributed by atoms with Gasteiger partial charge in [-0.15, -0.1) is 11.3 Å². The molecule has 112 valence electrons. The van der Waals surface area contributed by atoms with E-state index in [4.69, 9.17) is 4.74 Å². The lowest BCUT2D eigenvalue weighted by atomic mass is 10.3. The number of ether oxygens (including phenoxy) is 1. The Kier molecular flexibility index (Phi) is 5.82. The van der Waals surface area contributed by atoms with Crippen molar-refractivity contribution in [1.29, 1.82) is 0 Å². The molecule has 0 radical (unpaired) electrons. The second kappa shape index (κ2) is 7.61. The minimum atomic E-state index is -0.100. The molecule has 1 saturated heterocycles. The number of amides is 2. The zero-order chi connectivity index (χ0) is 14.4. The summed E-state index contributed by atoms with van der Waals surface area (Å²) in [4.78, 5) is 16.6. The Morgan fingerprint density at radius 3 is 2.85 bits per heavy atom. The molecule has 1 aliphatic rings. The molecule has 5 nitrogen and oxygen atoms in total. The van der Waals surface area contributed by atoms with Crippen molar-refractivity contribution in [2.75, 3.05) is 32.8 Å². The van der Waals surface area contributed by atoms with E-state index in [1.807, 2.05) is 6.92 Å². The molecule has 1 atom stereocenters. The number of aryl methyl sites for hydroxylation is 1. The molecule has 0 unspecified atom stereocenters. The quantitative estimate of drug-likeness (QED) is 0.867. The maximum Gasteiger partial charge on any atom is 0.315 e. The zero-order valence-corrected chi connectivity index (χ0v) is 13.0. The van der Waals surface area contributed by atoms with E-state index >= 15 is 0 Å². The summed E-state index contributed by atoms with van der Waals surface area (Å²) >= 11 is 1.71. The predicted octanol–water partition coefficient (Wildman–Crippen LogP) is 1.58. The number of thiophene rings is 1. The van der Waals surface area contributed by atoms with E-state index in [-0.39, 0.29) is 12.1 Å². The number of morpholine rings is 1. The number of nitrogens with one attached hydrogen (secondary N) is 2. The zero-order valence-electron chi connectivity index (χ0n) is 12.1. The van der Waals surface area contributed by atoms with Crippen LogP contribution in [0, 0.1) is 6.92 Å². The molecule has 1 aromatic heterocycles. The molecule has 0 aromatic carbocycles. The predicted molar refractivity (Wildman–Crippen MR) is 81.1 cm³/mol. The van der Waals surface area contributed by atoms with Crippen molar-refractivity contribution in [2.24, 2.45) is 0 Å². The second-order valence-corrected chi connectivity index (χ2v) is 6.53. The number of carbonyl (C=O) groups is 1. The van der Waals surface area contributed by atoms with Gasteiger partial charge in [-0.3, -0.25) is 4.90 Å². The van der Waals surface area contributed by atoms with Gasteiger partial charge < -0.3 is 15.4 Å². The Morgan fingerprint density at radius 2 is 2.20 bits per heavy atom. The normalized spacial score (nSPS) is 17.7. The van der Waals surface area contributed by atoms with E-state index < -0.39 is 0 Å². The fourth-order valence-corrected chi connectivity index (χ4v) is 3.07. The highest BCUT2D eigenvalue weighted by molar-refractivity contribution is 7.11. The third-order valence-electron chi connectivity index (χ3n) is 3.23. The molecule has 2 N–H and O–H groups in total. The Hall–Kier alpha value is -1.11. The van der Waals surface area contributed by atoms with E-state index in [2.05, 4.69) is 34.6 Å². The first-order valence-corrected chi connectivity index (χ1v) is 7.85. The molecule has 1 aromatic rings. The molecule has 0 bridgehead atoms. The van der Waals surface area contributed by atoms with Crippen LogP contribution >= 0.6 is 11.3 Å². The van der Waals surface area contributed by atoms with Crippen LogP contribution in [0.1, 0.15) is 16.7 Å². The number of carbonyl (C=O) groups excluding carboxylic acids is 1. The van der Waals surface area contributed by atoms with Crippen molar-refractivity contribution in [3.63, 3.8) is 0 Å². The molecule has 2 heterocycles. The molecule has 20 heavy (non-hydrogen) atoms. The Morgan fingerprint density at radius 1 is 1.45 bits per heavy atom. The molecular weight excluding hydrogens is 274 g/mol. The van der Waals surface area contributed by atoms with Crippen LogP contribution in [0.15, 0.2) is 12.1 Å². The Bertz CT molecular complexity index is 430. The van der Waals surface area contributed by atoms with Crippen LogP contribution in [-0.4, -0.2) is 49.8 Å². The average Bonchev–Trinajstić information content (AvgIpc) is 2.83. The largest absolute Gasteiger partial charge is 0.379 e. The molecule has 0 spiro atoms. The van der Waals surface area contributed by atoms with Crippen LogP contribution in [0.25, 0.3) is 0 Å². The molecule has 0 saturated carbocycles. The van der Waals surface area contributed by atoms with E-state index in [1.54, 1.807) is 11.3 Å². The summed E-state index contributed by atoms with van der Waals surface area (Å²) in [6, 6.07) is 4.16. The van der Waals surface area contributed by atoms with E-state index in [0.29, 0.717) is 6.54 Å². The lowest BCUT2D eigenvalue weighted by Crippen LogP contribution is -2.48. The summed E-state index contributed by atoms with van der Waals surface area (Å²) in [7, 11) is 0. The van der Waals surface area contributed by atoms with Crippen molar-refractivity contribution >= 4 is 17.4 Å². The first-order valence-electron chi connectivity index (χ1n) is 7.03. The highest BCUT2D eigenvalue weighted by Gasteiger charge is 2.15. The number of rotatable bonds is 5. The second-order valence-electron chi connectivity index (χ2n) is 5.15. The number of urea groups is 1. The summed E-state index contributed by atoms with van der Waals surface area (Å²) in [5.41, 5.74) is 0. The van der Waals surface area contributed by atoms with Crippen LogP contribution in [0.2, 0.25) is 0 Å². The van der Waals surface area contributed by atoms with E-state index in [0.717, 1.165) is 32.8 Å². The van der Waals surface area contributed by atoms with E-state index in [1.165, 1.54) is 9.75 Å². The summed E-state index contributed by atoms with van der Waals surface area (Å²) in [6.45, 7) is 9.03. The maximum absolute atomic E-state index is 11.8. The molecule has 0 aliphatic carbocycles. The van der Waals surface area contributed by atoms with Crippen LogP contribution in [-0.2, 0) is 11.3 Å². The molecule has 1 aliphatic heterocycles. The third kappa shape index (κ3) is 5.11. The number of hydrogen-bond acceptors (Lipinski definition) is 4. The minimum Gasteiger partial charge on any atom is -0.379 e. The van der Waals surface area contributed by atoms with Gasteiger partial charge in [0.05, 0.1) is 19.8 Å². The highest BCUT2D eigenvalue weighted by Crippen LogP contribution is 2.14. The van der Waals surface area contributed by atoms with Crippen molar-refractivity contribution in [3.8, 4) is 0 Å². The van der Waals surface area contributed by atoms with E-state index in [9.17, 15) is 4.79 Å². The minimum absolute atomic E-state index is 0.100. The van der Waals surface area contributed by atoms with Crippen LogP contribution in [0.5, 0.6) is 0 Å². The van der Waals surface area contributed by atoms with Gasteiger partial charge in [0.1, 0.15) is 0 Å². The summed E-state index contributed by atoms with van der Waals surface area (Å²) < 4.78 is 5.31. The summed E-state index contributed by atoms with van der Waals surface area (Å²) in [5, 5.41) is 5.87. The lowest BCUT2D eigenvalue weighted by Gasteiger charge is -2.29. The molecule has 6 heteroatoms. The van der Waals surface area contributed by atoms with Gasteiger partial charge in [0.25, 0.3) is 0 Å². The van der Waals surface area contributed by atoms with Crippen molar-refractivity contribution in [1.82, 2.24) is 15.5 Å². The highest BCUT2D eigenvalue weighted by atomic mass is 32.1. The van der Waals surface area contributed by atoms with Gasteiger partial charge in [-0.2, -0.15) is 0 Å². The lowest BCUT2D eigenvalue weighted by molar-refractivity contribution is 0.0349. The summed E-state index contributed by atoms with van der Waals surface area (Å²) in [6.07, 6.45) is 0. The standard InChI is InChI=1S/C14H23N3O2S/c1-11(10-17-5-7-19-8-6-17)16-14(18)15-9-13-4-3-12(2)20-13/h3-4,11H,5-10H2,1-2H3,(H2,15,16,18)/t11-/m1/s1. The summed E-state index contributed by atoms with van der Waals surface area (Å²) in [5.74, 6) is 0. The monoisotopic (exact) mass is 297 g/mol. The van der Waals surface area contributed by atoms with Crippen molar-refractivity contribution < 1.29 is 9.53 Å². The van der Waals surface area contributed by atoms with Crippen LogP contribution in [0.3, 0.4) is 0 Å². The van der Waals surface area contributed by atoms with Gasteiger partial charge in [0.15, 0.2) is 0 Å². The first-order chi connectivity index (χ1) is 9.63. The Balaban J connectivity index is 1.65. The van der Waals surface area contributed by atoms with Crippen molar-refractivity contribution in [2.45, 2.75) is 26.4 Å². The number of hydrogen-bond donors (Lipinski definition) is 2. The average molecular weight is 297 g/mol. The van der Waals surface area contributed by atoms with Crippen LogP contribution < -0.4 is 10.6 Å².